The summed E-state index contributed by atoms with van der Waals surface area (Å²) in [7, 11) is 0. The zero-order chi connectivity index (χ0) is 16.9. The minimum atomic E-state index is -0.303. The van der Waals surface area contributed by atoms with Gasteiger partial charge >= 0.3 is 0 Å². The van der Waals surface area contributed by atoms with Crippen LogP contribution in [0.1, 0.15) is 18.4 Å². The summed E-state index contributed by atoms with van der Waals surface area (Å²) < 4.78 is 12.9. The number of nitrogens with two attached hydrogens (primary N) is 1. The third-order valence-corrected chi connectivity index (χ3v) is 4.43. The molecule has 3 rings (SSSR count). The lowest BCUT2D eigenvalue weighted by molar-refractivity contribution is -0.121. The van der Waals surface area contributed by atoms with E-state index in [0.29, 0.717) is 5.69 Å². The van der Waals surface area contributed by atoms with Gasteiger partial charge in [-0.05, 0) is 67.9 Å². The number of nitrogens with one attached hydrogen (secondary N) is 1. The second-order valence-electron chi connectivity index (χ2n) is 6.29. The first-order valence-corrected chi connectivity index (χ1v) is 8.23. The molecule has 1 amide bonds. The summed E-state index contributed by atoms with van der Waals surface area (Å²) in [4.78, 5) is 14.7. The third-order valence-electron chi connectivity index (χ3n) is 4.43. The Kier molecular flexibility index (Phi) is 5.11. The van der Waals surface area contributed by atoms with Crippen LogP contribution in [0.15, 0.2) is 48.5 Å². The molecule has 1 aliphatic heterocycles. The van der Waals surface area contributed by atoms with Crippen molar-refractivity contribution in [2.24, 2.45) is 5.92 Å². The molecule has 1 fully saturated rings. The monoisotopic (exact) mass is 327 g/mol. The van der Waals surface area contributed by atoms with E-state index in [1.54, 1.807) is 12.1 Å². The second kappa shape index (κ2) is 7.45. The topological polar surface area (TPSA) is 58.4 Å². The number of halogens is 1. The normalized spacial score (nSPS) is 16.0. The zero-order valence-corrected chi connectivity index (χ0v) is 13.5. The van der Waals surface area contributed by atoms with Gasteiger partial charge < -0.3 is 11.1 Å². The first-order valence-electron chi connectivity index (χ1n) is 8.23. The van der Waals surface area contributed by atoms with E-state index in [9.17, 15) is 9.18 Å². The van der Waals surface area contributed by atoms with Gasteiger partial charge in [-0.2, -0.15) is 0 Å². The molecule has 0 saturated carbocycles. The highest BCUT2D eigenvalue weighted by molar-refractivity contribution is 5.92. The summed E-state index contributed by atoms with van der Waals surface area (Å²) in [6.45, 7) is 2.63. The summed E-state index contributed by atoms with van der Waals surface area (Å²) in [5.41, 5.74) is 8.43. The van der Waals surface area contributed by atoms with E-state index in [4.69, 9.17) is 5.73 Å². The molecule has 0 aliphatic carbocycles. The number of anilines is 2. The van der Waals surface area contributed by atoms with Gasteiger partial charge in [-0.25, -0.2) is 4.39 Å². The molecule has 3 N–H and O–H groups in total. The van der Waals surface area contributed by atoms with Gasteiger partial charge in [-0.3, -0.25) is 9.69 Å². The van der Waals surface area contributed by atoms with Crippen molar-refractivity contribution in [1.82, 2.24) is 4.90 Å². The summed E-state index contributed by atoms with van der Waals surface area (Å²) in [6, 6.07) is 13.8. The fourth-order valence-electron chi connectivity index (χ4n) is 3.08. The van der Waals surface area contributed by atoms with Crippen LogP contribution in [-0.2, 0) is 11.3 Å². The van der Waals surface area contributed by atoms with E-state index >= 15 is 0 Å². The molecule has 126 valence electrons. The Morgan fingerprint density at radius 2 is 1.88 bits per heavy atom. The predicted octanol–water partition coefficient (Wildman–Crippen LogP) is 3.26. The number of hydrogen-bond donors (Lipinski definition) is 2. The van der Waals surface area contributed by atoms with Crippen LogP contribution in [0.3, 0.4) is 0 Å². The van der Waals surface area contributed by atoms with Crippen molar-refractivity contribution in [3.05, 3.63) is 59.9 Å². The van der Waals surface area contributed by atoms with Crippen molar-refractivity contribution in [3.63, 3.8) is 0 Å². The van der Waals surface area contributed by atoms with Crippen LogP contribution in [0.5, 0.6) is 0 Å². The van der Waals surface area contributed by atoms with E-state index in [1.807, 2.05) is 18.2 Å². The zero-order valence-electron chi connectivity index (χ0n) is 13.5. The van der Waals surface area contributed by atoms with Crippen LogP contribution in [0.4, 0.5) is 15.8 Å². The molecule has 0 atom stereocenters. The number of benzene rings is 2. The maximum Gasteiger partial charge on any atom is 0.227 e. The van der Waals surface area contributed by atoms with Crippen molar-refractivity contribution in [3.8, 4) is 0 Å². The molecule has 4 nitrogen and oxygen atoms in total. The average Bonchev–Trinajstić information content (AvgIpc) is 2.57. The fraction of sp³-hybridized carbons (Fsp3) is 0.316. The lowest BCUT2D eigenvalue weighted by Crippen LogP contribution is -2.37. The van der Waals surface area contributed by atoms with Crippen LogP contribution in [0.2, 0.25) is 0 Å². The van der Waals surface area contributed by atoms with E-state index < -0.39 is 0 Å². The first kappa shape index (κ1) is 16.5. The molecule has 1 heterocycles. The Morgan fingerprint density at radius 3 is 2.54 bits per heavy atom. The SMILES string of the molecule is Nc1cccc(CN2CCC(C(=O)Nc3ccc(F)cc3)CC2)c1. The number of rotatable bonds is 4. The van der Waals surface area contributed by atoms with Crippen LogP contribution in [-0.4, -0.2) is 23.9 Å². The lowest BCUT2D eigenvalue weighted by Gasteiger charge is -2.31. The molecule has 0 radical (unpaired) electrons. The number of nitrogen functional groups attached to an aromatic ring is 1. The molecule has 0 aromatic heterocycles. The Labute approximate surface area is 141 Å². The van der Waals surface area contributed by atoms with E-state index in [0.717, 1.165) is 38.2 Å². The number of amides is 1. The standard InChI is InChI=1S/C19H22FN3O/c20-16-4-6-18(7-5-16)22-19(24)15-8-10-23(11-9-15)13-14-2-1-3-17(21)12-14/h1-7,12,15H,8-11,13,21H2,(H,22,24). The Morgan fingerprint density at radius 1 is 1.17 bits per heavy atom. The molecule has 1 aliphatic rings. The summed E-state index contributed by atoms with van der Waals surface area (Å²) in [6.07, 6.45) is 1.66. The van der Waals surface area contributed by atoms with Gasteiger partial charge in [-0.15, -0.1) is 0 Å². The maximum absolute atomic E-state index is 12.9. The van der Waals surface area contributed by atoms with E-state index in [-0.39, 0.29) is 17.6 Å². The van der Waals surface area contributed by atoms with E-state index in [2.05, 4.69) is 16.3 Å². The Bertz CT molecular complexity index is 694. The molecule has 1 saturated heterocycles. The highest BCUT2D eigenvalue weighted by Crippen LogP contribution is 2.21. The van der Waals surface area contributed by atoms with Crippen molar-refractivity contribution in [1.29, 1.82) is 0 Å². The van der Waals surface area contributed by atoms with Gasteiger partial charge in [0.25, 0.3) is 0 Å². The molecule has 0 spiro atoms. The highest BCUT2D eigenvalue weighted by atomic mass is 19.1. The second-order valence-corrected chi connectivity index (χ2v) is 6.29. The molecule has 24 heavy (non-hydrogen) atoms. The van der Waals surface area contributed by atoms with Gasteiger partial charge in [0, 0.05) is 23.8 Å². The largest absolute Gasteiger partial charge is 0.399 e. The molecule has 2 aromatic rings. The quantitative estimate of drug-likeness (QED) is 0.848. The van der Waals surface area contributed by atoms with Crippen molar-refractivity contribution >= 4 is 17.3 Å². The number of piperidine rings is 1. The Hall–Kier alpha value is -2.40. The number of carbonyl (C=O) groups is 1. The van der Waals surface area contributed by atoms with Crippen LogP contribution in [0.25, 0.3) is 0 Å². The van der Waals surface area contributed by atoms with Crippen LogP contribution >= 0.6 is 0 Å². The van der Waals surface area contributed by atoms with Gasteiger partial charge in [0.05, 0.1) is 0 Å². The maximum atomic E-state index is 12.9. The number of likely N-dealkylation sites (tertiary alicyclic amines) is 1. The van der Waals surface area contributed by atoms with E-state index in [1.165, 1.54) is 17.7 Å². The first-order chi connectivity index (χ1) is 11.6. The predicted molar refractivity (Wildman–Crippen MR) is 93.9 cm³/mol. The van der Waals surface area contributed by atoms with Gasteiger partial charge in [0.2, 0.25) is 5.91 Å². The molecule has 0 unspecified atom stereocenters. The Balaban J connectivity index is 1.49. The van der Waals surface area contributed by atoms with Crippen molar-refractivity contribution in [2.45, 2.75) is 19.4 Å². The van der Waals surface area contributed by atoms with Crippen molar-refractivity contribution < 1.29 is 9.18 Å². The minimum Gasteiger partial charge on any atom is -0.399 e. The summed E-state index contributed by atoms with van der Waals surface area (Å²) in [5.74, 6) is -0.278. The van der Waals surface area contributed by atoms with Crippen molar-refractivity contribution in [2.75, 3.05) is 24.1 Å². The fourth-order valence-corrected chi connectivity index (χ4v) is 3.08. The van der Waals surface area contributed by atoms with Gasteiger partial charge in [-0.1, -0.05) is 12.1 Å². The molecule has 0 bridgehead atoms. The smallest absolute Gasteiger partial charge is 0.227 e. The van der Waals surface area contributed by atoms with Gasteiger partial charge in [0.1, 0.15) is 5.82 Å². The summed E-state index contributed by atoms with van der Waals surface area (Å²) in [5, 5.41) is 2.87. The summed E-state index contributed by atoms with van der Waals surface area (Å²) >= 11 is 0. The minimum absolute atomic E-state index is 0.00662. The molecule has 5 heteroatoms. The van der Waals surface area contributed by atoms with Crippen LogP contribution in [0, 0.1) is 11.7 Å². The van der Waals surface area contributed by atoms with Crippen LogP contribution < -0.4 is 11.1 Å². The molecule has 2 aromatic carbocycles. The number of hydrogen-bond acceptors (Lipinski definition) is 3. The highest BCUT2D eigenvalue weighted by Gasteiger charge is 2.25. The van der Waals surface area contributed by atoms with Gasteiger partial charge in [0.15, 0.2) is 0 Å². The third kappa shape index (κ3) is 4.32. The number of nitrogens with zero attached hydrogens (tertiary/aromatic N) is 1. The molecular formula is C19H22FN3O. The molecular weight excluding hydrogens is 305 g/mol. The number of carbonyl (C=O) groups excluding carboxylic acids is 1. The average molecular weight is 327 g/mol. The lowest BCUT2D eigenvalue weighted by atomic mass is 9.95.